The molecule has 1 aromatic heterocycles. The van der Waals surface area contributed by atoms with Crippen molar-refractivity contribution in [3.8, 4) is 6.07 Å². The van der Waals surface area contributed by atoms with Gasteiger partial charge >= 0.3 is 0 Å². The van der Waals surface area contributed by atoms with E-state index in [0.717, 1.165) is 18.4 Å². The Morgan fingerprint density at radius 2 is 1.71 bits per heavy atom. The van der Waals surface area contributed by atoms with Crippen LogP contribution in [-0.2, 0) is 9.84 Å². The lowest BCUT2D eigenvalue weighted by atomic mass is 9.98. The van der Waals surface area contributed by atoms with Crippen LogP contribution in [0.25, 0.3) is 0 Å². The van der Waals surface area contributed by atoms with E-state index in [-0.39, 0.29) is 10.6 Å². The molecule has 0 aliphatic carbocycles. The molecule has 0 amide bonds. The molecule has 28 heavy (non-hydrogen) atoms. The number of halogens is 2. The summed E-state index contributed by atoms with van der Waals surface area (Å²) in [6, 6.07) is 15.6. The van der Waals surface area contributed by atoms with Gasteiger partial charge in [-0.3, -0.25) is 0 Å². The van der Waals surface area contributed by atoms with Gasteiger partial charge in [0.25, 0.3) is 0 Å². The van der Waals surface area contributed by atoms with E-state index < -0.39 is 27.5 Å². The SMILES string of the molecule is CS(=O)(=O)c1cccc(C(Nc2cccc(C#N)n2)c2ccc(F)c(F)c2)c1. The number of rotatable bonds is 5. The van der Waals surface area contributed by atoms with Gasteiger partial charge in [-0.25, -0.2) is 22.2 Å². The smallest absolute Gasteiger partial charge is 0.175 e. The summed E-state index contributed by atoms with van der Waals surface area (Å²) in [7, 11) is -3.46. The standard InChI is InChI=1S/C20H15F2N3O2S/c1-28(26,27)16-6-2-4-13(10-16)20(14-8-9-17(21)18(22)11-14)25-19-7-3-5-15(12-23)24-19/h2-11,20H,1H3,(H,24,25). The summed E-state index contributed by atoms with van der Waals surface area (Å²) in [4.78, 5) is 4.23. The summed E-state index contributed by atoms with van der Waals surface area (Å²) >= 11 is 0. The van der Waals surface area contributed by atoms with Crippen LogP contribution in [0.4, 0.5) is 14.6 Å². The molecule has 2 aromatic carbocycles. The zero-order valence-corrected chi connectivity index (χ0v) is 15.5. The zero-order chi connectivity index (χ0) is 20.3. The summed E-state index contributed by atoms with van der Waals surface area (Å²) in [6.45, 7) is 0. The Kier molecular flexibility index (Phi) is 5.38. The fourth-order valence-electron chi connectivity index (χ4n) is 2.70. The van der Waals surface area contributed by atoms with Gasteiger partial charge in [0.05, 0.1) is 10.9 Å². The molecule has 0 spiro atoms. The number of sulfone groups is 1. The fraction of sp³-hybridized carbons (Fsp3) is 0.100. The number of benzene rings is 2. The number of nitrogens with zero attached hydrogens (tertiary/aromatic N) is 2. The zero-order valence-electron chi connectivity index (χ0n) is 14.7. The van der Waals surface area contributed by atoms with E-state index in [0.29, 0.717) is 16.9 Å². The lowest BCUT2D eigenvalue weighted by Gasteiger charge is -2.21. The van der Waals surface area contributed by atoms with Crippen LogP contribution < -0.4 is 5.32 Å². The molecule has 1 N–H and O–H groups in total. The molecule has 1 atom stereocenters. The van der Waals surface area contributed by atoms with Crippen molar-refractivity contribution in [1.82, 2.24) is 4.98 Å². The molecule has 0 aliphatic rings. The van der Waals surface area contributed by atoms with Gasteiger partial charge in [-0.1, -0.05) is 24.3 Å². The Labute approximate surface area is 161 Å². The van der Waals surface area contributed by atoms with Crippen molar-refractivity contribution < 1.29 is 17.2 Å². The van der Waals surface area contributed by atoms with Crippen LogP contribution in [0.15, 0.2) is 65.6 Å². The first-order valence-corrected chi connectivity index (χ1v) is 10.1. The van der Waals surface area contributed by atoms with Gasteiger partial charge in [-0.2, -0.15) is 5.26 Å². The van der Waals surface area contributed by atoms with Gasteiger partial charge in [0.2, 0.25) is 0 Å². The van der Waals surface area contributed by atoms with Crippen LogP contribution in [0.3, 0.4) is 0 Å². The van der Waals surface area contributed by atoms with Crippen molar-refractivity contribution in [2.24, 2.45) is 0 Å². The van der Waals surface area contributed by atoms with E-state index in [2.05, 4.69) is 10.3 Å². The summed E-state index contributed by atoms with van der Waals surface area (Å²) in [5, 5.41) is 12.1. The minimum absolute atomic E-state index is 0.0955. The Bertz CT molecular complexity index is 1170. The monoisotopic (exact) mass is 399 g/mol. The van der Waals surface area contributed by atoms with Crippen molar-refractivity contribution in [3.05, 3.63) is 89.1 Å². The average molecular weight is 399 g/mol. The predicted molar refractivity (Wildman–Crippen MR) is 100 cm³/mol. The van der Waals surface area contributed by atoms with Gasteiger partial charge in [0.1, 0.15) is 17.6 Å². The fourth-order valence-corrected chi connectivity index (χ4v) is 3.38. The maximum atomic E-state index is 13.8. The third-order valence-electron chi connectivity index (χ3n) is 4.05. The Balaban J connectivity index is 2.11. The van der Waals surface area contributed by atoms with E-state index in [1.54, 1.807) is 24.3 Å². The molecule has 0 aliphatic heterocycles. The minimum atomic E-state index is -3.46. The molecule has 1 heterocycles. The quantitative estimate of drug-likeness (QED) is 0.705. The molecule has 3 aromatic rings. The normalized spacial score (nSPS) is 12.2. The third kappa shape index (κ3) is 4.32. The number of hydrogen-bond acceptors (Lipinski definition) is 5. The summed E-state index contributed by atoms with van der Waals surface area (Å²) in [6.07, 6.45) is 1.09. The predicted octanol–water partition coefficient (Wildman–Crippen LogP) is 3.84. The van der Waals surface area contributed by atoms with Crippen molar-refractivity contribution in [2.45, 2.75) is 10.9 Å². The number of anilines is 1. The van der Waals surface area contributed by atoms with E-state index in [1.807, 2.05) is 6.07 Å². The highest BCUT2D eigenvalue weighted by molar-refractivity contribution is 7.90. The van der Waals surface area contributed by atoms with Crippen molar-refractivity contribution in [2.75, 3.05) is 11.6 Å². The molecule has 0 saturated carbocycles. The molecule has 0 radical (unpaired) electrons. The molecule has 0 fully saturated rings. The Morgan fingerprint density at radius 3 is 2.39 bits per heavy atom. The minimum Gasteiger partial charge on any atom is -0.359 e. The second-order valence-corrected chi connectivity index (χ2v) is 8.13. The van der Waals surface area contributed by atoms with Gasteiger partial charge in [0, 0.05) is 6.26 Å². The first kappa shape index (κ1) is 19.5. The number of nitrogens with one attached hydrogen (secondary N) is 1. The number of hydrogen-bond donors (Lipinski definition) is 1. The van der Waals surface area contributed by atoms with E-state index >= 15 is 0 Å². The highest BCUT2D eigenvalue weighted by Gasteiger charge is 2.19. The number of nitriles is 1. The molecular formula is C20H15F2N3O2S. The summed E-state index contributed by atoms with van der Waals surface area (Å²) in [5.41, 5.74) is 1.06. The van der Waals surface area contributed by atoms with Crippen molar-refractivity contribution in [1.29, 1.82) is 5.26 Å². The number of pyridine rings is 1. The van der Waals surface area contributed by atoms with Crippen LogP contribution in [0.1, 0.15) is 22.9 Å². The van der Waals surface area contributed by atoms with Crippen LogP contribution in [0.2, 0.25) is 0 Å². The topological polar surface area (TPSA) is 82.9 Å². The molecule has 1 unspecified atom stereocenters. The van der Waals surface area contributed by atoms with Gasteiger partial charge in [-0.15, -0.1) is 0 Å². The second-order valence-electron chi connectivity index (χ2n) is 6.12. The van der Waals surface area contributed by atoms with Crippen LogP contribution >= 0.6 is 0 Å². The largest absolute Gasteiger partial charge is 0.359 e. The molecule has 3 rings (SSSR count). The molecular weight excluding hydrogens is 384 g/mol. The van der Waals surface area contributed by atoms with Crippen molar-refractivity contribution in [3.63, 3.8) is 0 Å². The number of aromatic nitrogens is 1. The molecule has 0 saturated heterocycles. The molecule has 5 nitrogen and oxygen atoms in total. The van der Waals surface area contributed by atoms with Gasteiger partial charge < -0.3 is 5.32 Å². The maximum absolute atomic E-state index is 13.8. The summed E-state index contributed by atoms with van der Waals surface area (Å²) < 4.78 is 51.0. The van der Waals surface area contributed by atoms with E-state index in [9.17, 15) is 17.2 Å². The van der Waals surface area contributed by atoms with Crippen LogP contribution in [0.5, 0.6) is 0 Å². The molecule has 8 heteroatoms. The lowest BCUT2D eigenvalue weighted by Crippen LogP contribution is -2.15. The van der Waals surface area contributed by atoms with Crippen LogP contribution in [-0.4, -0.2) is 19.7 Å². The van der Waals surface area contributed by atoms with Crippen molar-refractivity contribution >= 4 is 15.7 Å². The Hall–Kier alpha value is -3.31. The average Bonchev–Trinajstić information content (AvgIpc) is 2.68. The van der Waals surface area contributed by atoms with Crippen LogP contribution in [0, 0.1) is 23.0 Å². The first-order valence-electron chi connectivity index (χ1n) is 8.16. The third-order valence-corrected chi connectivity index (χ3v) is 5.16. The highest BCUT2D eigenvalue weighted by atomic mass is 32.2. The maximum Gasteiger partial charge on any atom is 0.175 e. The molecule has 142 valence electrons. The lowest BCUT2D eigenvalue weighted by molar-refractivity contribution is 0.506. The summed E-state index contributed by atoms with van der Waals surface area (Å²) in [5.74, 6) is -1.68. The van der Waals surface area contributed by atoms with E-state index in [4.69, 9.17) is 5.26 Å². The van der Waals surface area contributed by atoms with E-state index in [1.165, 1.54) is 24.3 Å². The second kappa shape index (κ2) is 7.74. The van der Waals surface area contributed by atoms with Gasteiger partial charge in [0.15, 0.2) is 21.5 Å². The molecule has 0 bridgehead atoms. The Morgan fingerprint density at radius 1 is 1.00 bits per heavy atom. The first-order chi connectivity index (χ1) is 13.3. The van der Waals surface area contributed by atoms with Gasteiger partial charge in [-0.05, 0) is 47.5 Å². The highest BCUT2D eigenvalue weighted by Crippen LogP contribution is 2.29.